The monoisotopic (exact) mass is 287 g/mol. The molecule has 0 spiro atoms. The molecule has 0 saturated carbocycles. The van der Waals surface area contributed by atoms with Crippen LogP contribution in [0, 0.1) is 10.1 Å². The van der Waals surface area contributed by atoms with Gasteiger partial charge in [-0.3, -0.25) is 24.6 Å². The number of imide groups is 1. The van der Waals surface area contributed by atoms with Crippen LogP contribution in [0.4, 0.5) is 5.69 Å². The van der Waals surface area contributed by atoms with Crippen molar-refractivity contribution in [1.29, 1.82) is 0 Å². The maximum Gasteiger partial charge on any atom is 0.298 e. The summed E-state index contributed by atoms with van der Waals surface area (Å²) < 4.78 is 1.64. The van der Waals surface area contributed by atoms with Crippen molar-refractivity contribution >= 4 is 28.4 Å². The first kappa shape index (κ1) is 13.3. The summed E-state index contributed by atoms with van der Waals surface area (Å²) in [6.45, 7) is 0. The Morgan fingerprint density at radius 1 is 1.24 bits per heavy atom. The minimum Gasteiger partial charge on any atom is -0.341 e. The number of likely N-dealkylation sites (N-methyl/N-ethyl adjacent to an activating group) is 1. The third kappa shape index (κ3) is 1.74. The van der Waals surface area contributed by atoms with E-state index in [1.807, 2.05) is 0 Å². The number of benzene rings is 1. The molecule has 1 atom stereocenters. The van der Waals surface area contributed by atoms with Crippen molar-refractivity contribution in [2.45, 2.75) is 12.3 Å². The maximum absolute atomic E-state index is 12.2. The smallest absolute Gasteiger partial charge is 0.298 e. The quantitative estimate of drug-likeness (QED) is 0.476. The second-order valence-electron chi connectivity index (χ2n) is 5.11. The molecule has 1 aliphatic rings. The van der Waals surface area contributed by atoms with Crippen molar-refractivity contribution < 1.29 is 14.5 Å². The zero-order valence-electron chi connectivity index (χ0n) is 11.6. The van der Waals surface area contributed by atoms with Crippen LogP contribution < -0.4 is 0 Å². The number of amides is 2. The molecule has 2 amide bonds. The highest BCUT2D eigenvalue weighted by Gasteiger charge is 2.43. The van der Waals surface area contributed by atoms with Crippen LogP contribution in [-0.2, 0) is 16.6 Å². The maximum atomic E-state index is 12.2. The summed E-state index contributed by atoms with van der Waals surface area (Å²) in [4.78, 5) is 35.9. The van der Waals surface area contributed by atoms with Crippen LogP contribution in [0.5, 0.6) is 0 Å². The van der Waals surface area contributed by atoms with Crippen LogP contribution in [0.2, 0.25) is 0 Å². The number of fused-ring (bicyclic) bond motifs is 1. The van der Waals surface area contributed by atoms with E-state index in [1.54, 1.807) is 35.9 Å². The summed E-state index contributed by atoms with van der Waals surface area (Å²) in [6, 6.07) is 6.91. The Bertz CT molecular complexity index is 793. The molecule has 7 nitrogen and oxygen atoms in total. The Hall–Kier alpha value is -2.70. The number of carbonyl (C=O) groups is 2. The summed E-state index contributed by atoms with van der Waals surface area (Å²) >= 11 is 0. The molecule has 0 aliphatic carbocycles. The molecule has 0 radical (unpaired) electrons. The molecule has 1 unspecified atom stereocenters. The topological polar surface area (TPSA) is 85.4 Å². The van der Waals surface area contributed by atoms with Crippen LogP contribution in [0.1, 0.15) is 18.0 Å². The Morgan fingerprint density at radius 3 is 2.48 bits per heavy atom. The largest absolute Gasteiger partial charge is 0.341 e. The van der Waals surface area contributed by atoms with Gasteiger partial charge >= 0.3 is 0 Å². The summed E-state index contributed by atoms with van der Waals surface area (Å²) in [5.74, 6) is -1.50. The molecule has 1 fully saturated rings. The molecule has 1 aliphatic heterocycles. The summed E-state index contributed by atoms with van der Waals surface area (Å²) in [6.07, 6.45) is -0.0274. The average molecular weight is 287 g/mol. The van der Waals surface area contributed by atoms with Crippen LogP contribution >= 0.6 is 0 Å². The summed E-state index contributed by atoms with van der Waals surface area (Å²) in [7, 11) is 3.08. The Labute approximate surface area is 119 Å². The lowest BCUT2D eigenvalue weighted by Crippen LogP contribution is -2.25. The van der Waals surface area contributed by atoms with E-state index in [-0.39, 0.29) is 18.0 Å². The Balaban J connectivity index is 2.30. The highest BCUT2D eigenvalue weighted by molar-refractivity contribution is 6.07. The fourth-order valence-electron chi connectivity index (χ4n) is 2.95. The second kappa shape index (κ2) is 4.41. The molecule has 1 saturated heterocycles. The fourth-order valence-corrected chi connectivity index (χ4v) is 2.95. The molecular weight excluding hydrogens is 274 g/mol. The van der Waals surface area contributed by atoms with E-state index in [4.69, 9.17) is 0 Å². The number of para-hydroxylation sites is 1. The number of hydrogen-bond acceptors (Lipinski definition) is 4. The Morgan fingerprint density at radius 2 is 1.90 bits per heavy atom. The van der Waals surface area contributed by atoms with Gasteiger partial charge in [-0.1, -0.05) is 12.1 Å². The molecular formula is C14H13N3O4. The van der Waals surface area contributed by atoms with Crippen molar-refractivity contribution in [2.75, 3.05) is 7.05 Å². The number of carbonyl (C=O) groups excluding carboxylic acids is 2. The van der Waals surface area contributed by atoms with Crippen LogP contribution in [0.25, 0.3) is 10.9 Å². The van der Waals surface area contributed by atoms with Crippen LogP contribution in [0.3, 0.4) is 0 Å². The van der Waals surface area contributed by atoms with Gasteiger partial charge in [0.25, 0.3) is 5.69 Å². The lowest BCUT2D eigenvalue weighted by atomic mass is 10.0. The molecule has 2 aromatic rings. The minimum absolute atomic E-state index is 0.0274. The van der Waals surface area contributed by atoms with Gasteiger partial charge in [0.05, 0.1) is 21.7 Å². The average Bonchev–Trinajstić information content (AvgIpc) is 2.89. The van der Waals surface area contributed by atoms with Gasteiger partial charge in [-0.15, -0.1) is 0 Å². The number of nitro groups is 1. The first-order chi connectivity index (χ1) is 9.93. The van der Waals surface area contributed by atoms with E-state index in [2.05, 4.69) is 0 Å². The van der Waals surface area contributed by atoms with Gasteiger partial charge in [0.2, 0.25) is 11.8 Å². The van der Waals surface area contributed by atoms with Gasteiger partial charge in [0, 0.05) is 20.5 Å². The van der Waals surface area contributed by atoms with Crippen molar-refractivity contribution in [3.05, 3.63) is 40.1 Å². The van der Waals surface area contributed by atoms with E-state index >= 15 is 0 Å². The fraction of sp³-hybridized carbons (Fsp3) is 0.286. The van der Waals surface area contributed by atoms with E-state index in [0.29, 0.717) is 16.6 Å². The molecule has 7 heteroatoms. The van der Waals surface area contributed by atoms with Gasteiger partial charge in [-0.2, -0.15) is 0 Å². The van der Waals surface area contributed by atoms with Gasteiger partial charge < -0.3 is 4.57 Å². The minimum atomic E-state index is -0.791. The van der Waals surface area contributed by atoms with Gasteiger partial charge in [0.1, 0.15) is 5.69 Å². The molecule has 0 bridgehead atoms. The van der Waals surface area contributed by atoms with E-state index in [1.165, 1.54) is 7.05 Å². The third-order valence-electron chi connectivity index (χ3n) is 4.02. The zero-order valence-corrected chi connectivity index (χ0v) is 11.6. The number of aryl methyl sites for hydroxylation is 1. The lowest BCUT2D eigenvalue weighted by molar-refractivity contribution is -0.384. The molecule has 1 aromatic heterocycles. The highest BCUT2D eigenvalue weighted by atomic mass is 16.6. The summed E-state index contributed by atoms with van der Waals surface area (Å²) in [5, 5.41) is 11.9. The van der Waals surface area contributed by atoms with Gasteiger partial charge in [-0.25, -0.2) is 0 Å². The number of aromatic nitrogens is 1. The van der Waals surface area contributed by atoms with E-state index in [0.717, 1.165) is 4.90 Å². The molecule has 2 heterocycles. The lowest BCUT2D eigenvalue weighted by Gasteiger charge is -2.10. The van der Waals surface area contributed by atoms with Crippen molar-refractivity contribution in [3.8, 4) is 0 Å². The number of hydrogen-bond donors (Lipinski definition) is 0. The first-order valence-corrected chi connectivity index (χ1v) is 6.45. The van der Waals surface area contributed by atoms with Gasteiger partial charge in [-0.05, 0) is 12.1 Å². The molecule has 108 valence electrons. The Kier molecular flexibility index (Phi) is 2.79. The second-order valence-corrected chi connectivity index (χ2v) is 5.11. The van der Waals surface area contributed by atoms with Gasteiger partial charge in [0.15, 0.2) is 0 Å². The van der Waals surface area contributed by atoms with Crippen molar-refractivity contribution in [3.63, 3.8) is 0 Å². The normalized spacial score (nSPS) is 18.8. The SMILES string of the molecule is CN1C(=O)CC(c2c([N+](=O)[O-])c3ccccc3n2C)C1=O. The van der Waals surface area contributed by atoms with E-state index in [9.17, 15) is 19.7 Å². The number of nitrogens with zero attached hydrogens (tertiary/aromatic N) is 3. The number of likely N-dealkylation sites (tertiary alicyclic amines) is 1. The van der Waals surface area contributed by atoms with Crippen molar-refractivity contribution in [2.24, 2.45) is 7.05 Å². The van der Waals surface area contributed by atoms with Crippen LogP contribution in [-0.4, -0.2) is 33.3 Å². The standard InChI is InChI=1S/C14H13N3O4/c1-15-10-6-4-3-5-8(10)13(17(20)21)12(15)9-7-11(18)16(2)14(9)19/h3-6,9H,7H2,1-2H3. The predicted octanol–water partition coefficient (Wildman–Crippen LogP) is 1.56. The molecule has 1 aromatic carbocycles. The summed E-state index contributed by atoms with van der Waals surface area (Å²) in [5.41, 5.74) is 0.882. The zero-order chi connectivity index (χ0) is 15.3. The number of rotatable bonds is 2. The molecule has 21 heavy (non-hydrogen) atoms. The highest BCUT2D eigenvalue weighted by Crippen LogP contribution is 2.40. The third-order valence-corrected chi connectivity index (χ3v) is 4.02. The molecule has 3 rings (SSSR count). The predicted molar refractivity (Wildman–Crippen MR) is 74.7 cm³/mol. The first-order valence-electron chi connectivity index (χ1n) is 6.45. The van der Waals surface area contributed by atoms with E-state index < -0.39 is 16.7 Å². The van der Waals surface area contributed by atoms with Crippen molar-refractivity contribution in [1.82, 2.24) is 9.47 Å². The van der Waals surface area contributed by atoms with Crippen LogP contribution in [0.15, 0.2) is 24.3 Å². The molecule has 0 N–H and O–H groups in total.